The third kappa shape index (κ3) is 6.97. The van der Waals surface area contributed by atoms with Crippen LogP contribution in [0.5, 0.6) is 0 Å². The maximum Gasteiger partial charge on any atom is 0.264 e. The van der Waals surface area contributed by atoms with Crippen molar-refractivity contribution in [3.05, 3.63) is 115 Å². The third-order valence-corrected chi connectivity index (χ3v) is 6.81. The largest absolute Gasteiger partial charge is 0.378 e. The van der Waals surface area contributed by atoms with Crippen LogP contribution < -0.4 is 10.0 Å². The van der Waals surface area contributed by atoms with Gasteiger partial charge in [0.05, 0.1) is 10.9 Å². The van der Waals surface area contributed by atoms with E-state index in [1.807, 2.05) is 60.7 Å². The molecule has 7 nitrogen and oxygen atoms in total. The molecule has 0 fully saturated rings. The average molecular weight is 487 g/mol. The molecule has 2 N–H and O–H groups in total. The molecular weight excluding hydrogens is 460 g/mol. The van der Waals surface area contributed by atoms with Crippen LogP contribution in [0.3, 0.4) is 0 Å². The molecule has 0 radical (unpaired) electrons. The maximum atomic E-state index is 12.8. The minimum Gasteiger partial charge on any atom is -0.378 e. The van der Waals surface area contributed by atoms with E-state index in [-0.39, 0.29) is 22.7 Å². The quantitative estimate of drug-likeness (QED) is 0.309. The number of benzene rings is 3. The first-order chi connectivity index (χ1) is 17.0. The van der Waals surface area contributed by atoms with E-state index in [9.17, 15) is 13.2 Å². The first kappa shape index (κ1) is 24.1. The molecule has 0 saturated carbocycles. The van der Waals surface area contributed by atoms with Crippen molar-refractivity contribution in [3.8, 4) is 0 Å². The van der Waals surface area contributed by atoms with Crippen LogP contribution in [-0.4, -0.2) is 24.2 Å². The lowest BCUT2D eigenvalue weighted by Crippen LogP contribution is -2.17. The molecule has 4 aromatic rings. The van der Waals surface area contributed by atoms with Crippen molar-refractivity contribution in [1.29, 1.82) is 0 Å². The number of ketones is 1. The molecule has 0 saturated heterocycles. The normalized spacial score (nSPS) is 12.0. The first-order valence-corrected chi connectivity index (χ1v) is 12.7. The fourth-order valence-electron chi connectivity index (χ4n) is 3.66. The van der Waals surface area contributed by atoms with Gasteiger partial charge in [0.2, 0.25) is 5.95 Å². The topological polar surface area (TPSA) is 101 Å². The van der Waals surface area contributed by atoms with Crippen molar-refractivity contribution in [2.24, 2.45) is 0 Å². The summed E-state index contributed by atoms with van der Waals surface area (Å²) in [5, 5.41) is 3.39. The zero-order valence-corrected chi connectivity index (χ0v) is 19.9. The van der Waals surface area contributed by atoms with Crippen LogP contribution >= 0.6 is 0 Å². The van der Waals surface area contributed by atoms with Crippen LogP contribution in [-0.2, 0) is 21.2 Å². The van der Waals surface area contributed by atoms with Gasteiger partial charge in [-0.05, 0) is 47.9 Å². The summed E-state index contributed by atoms with van der Waals surface area (Å²) in [6, 6.07) is 27.5. The van der Waals surface area contributed by atoms with Gasteiger partial charge in [0.15, 0.2) is 0 Å². The van der Waals surface area contributed by atoms with Crippen LogP contribution in [0, 0.1) is 0 Å². The predicted octanol–water partition coefficient (Wildman–Crippen LogP) is 5.02. The number of carbonyl (C=O) groups excluding carboxylic acids is 1. The highest BCUT2D eigenvalue weighted by atomic mass is 32.2. The van der Waals surface area contributed by atoms with Crippen LogP contribution in [0.1, 0.15) is 30.0 Å². The van der Waals surface area contributed by atoms with Gasteiger partial charge >= 0.3 is 0 Å². The molecule has 1 heterocycles. The van der Waals surface area contributed by atoms with Crippen molar-refractivity contribution >= 4 is 27.4 Å². The minimum atomic E-state index is -3.82. The highest BCUT2D eigenvalue weighted by molar-refractivity contribution is 7.92. The molecule has 1 unspecified atom stereocenters. The Morgan fingerprint density at radius 2 is 1.43 bits per heavy atom. The number of sulfonamides is 1. The Balaban J connectivity index is 1.44. The third-order valence-electron chi connectivity index (χ3n) is 5.47. The Morgan fingerprint density at radius 1 is 0.800 bits per heavy atom. The summed E-state index contributed by atoms with van der Waals surface area (Å²) < 4.78 is 27.6. The molecule has 178 valence electrons. The number of carbonyl (C=O) groups is 1. The Kier molecular flexibility index (Phi) is 7.84. The summed E-state index contributed by atoms with van der Waals surface area (Å²) in [6.07, 6.45) is 4.40. The van der Waals surface area contributed by atoms with Gasteiger partial charge in [-0.15, -0.1) is 0 Å². The van der Waals surface area contributed by atoms with E-state index in [0.717, 1.165) is 11.1 Å². The molecule has 8 heteroatoms. The number of hydrogen-bond donors (Lipinski definition) is 2. The number of nitrogens with zero attached hydrogens (tertiary/aromatic N) is 2. The number of aryl methyl sites for hydroxylation is 1. The summed E-state index contributed by atoms with van der Waals surface area (Å²) in [6.45, 7) is 0. The molecule has 4 rings (SSSR count). The molecule has 1 aromatic heterocycles. The van der Waals surface area contributed by atoms with E-state index >= 15 is 0 Å². The zero-order chi connectivity index (χ0) is 24.5. The van der Waals surface area contributed by atoms with Crippen molar-refractivity contribution in [2.75, 3.05) is 10.0 Å². The van der Waals surface area contributed by atoms with Gasteiger partial charge in [-0.25, -0.2) is 23.1 Å². The minimum absolute atomic E-state index is 0.00728. The summed E-state index contributed by atoms with van der Waals surface area (Å²) in [7, 11) is -3.82. The van der Waals surface area contributed by atoms with Crippen molar-refractivity contribution in [2.45, 2.75) is 30.2 Å². The Bertz CT molecular complexity index is 1330. The van der Waals surface area contributed by atoms with E-state index in [0.29, 0.717) is 24.9 Å². The molecule has 0 amide bonds. The van der Waals surface area contributed by atoms with Gasteiger partial charge in [-0.3, -0.25) is 4.79 Å². The second-order valence-corrected chi connectivity index (χ2v) is 9.72. The fourth-order valence-corrected chi connectivity index (χ4v) is 4.62. The second kappa shape index (κ2) is 11.4. The summed E-state index contributed by atoms with van der Waals surface area (Å²) in [5.41, 5.74) is 2.83. The molecule has 3 aromatic carbocycles. The smallest absolute Gasteiger partial charge is 0.264 e. The standard InChI is InChI=1S/C27H26N4O3S/c32-24(15-12-21-8-3-1-4-9-21)20-26(22-10-5-2-6-11-22)30-23-13-16-25(17-14-23)35(33,34)31-27-28-18-7-19-29-27/h1-11,13-14,16-19,26,30H,12,15,20H2,(H,28,29,31). The molecule has 35 heavy (non-hydrogen) atoms. The van der Waals surface area contributed by atoms with Crippen LogP contribution in [0.25, 0.3) is 0 Å². The molecule has 0 aliphatic rings. The van der Waals surface area contributed by atoms with Gasteiger partial charge in [0, 0.05) is 30.9 Å². The fraction of sp³-hybridized carbons (Fsp3) is 0.148. The highest BCUT2D eigenvalue weighted by Crippen LogP contribution is 2.25. The lowest BCUT2D eigenvalue weighted by atomic mass is 9.98. The monoisotopic (exact) mass is 486 g/mol. The Hall–Kier alpha value is -4.04. The lowest BCUT2D eigenvalue weighted by Gasteiger charge is -2.20. The summed E-state index contributed by atoms with van der Waals surface area (Å²) in [5.74, 6) is 0.161. The Morgan fingerprint density at radius 3 is 2.09 bits per heavy atom. The number of hydrogen-bond acceptors (Lipinski definition) is 6. The van der Waals surface area contributed by atoms with Gasteiger partial charge in [-0.1, -0.05) is 60.7 Å². The number of aromatic nitrogens is 2. The highest BCUT2D eigenvalue weighted by Gasteiger charge is 2.18. The van der Waals surface area contributed by atoms with Gasteiger partial charge < -0.3 is 5.32 Å². The molecular formula is C27H26N4O3S. The summed E-state index contributed by atoms with van der Waals surface area (Å²) >= 11 is 0. The second-order valence-electron chi connectivity index (χ2n) is 8.04. The number of rotatable bonds is 11. The summed E-state index contributed by atoms with van der Waals surface area (Å²) in [4.78, 5) is 20.7. The van der Waals surface area contributed by atoms with E-state index < -0.39 is 10.0 Å². The zero-order valence-electron chi connectivity index (χ0n) is 19.0. The number of Topliss-reactive ketones (excluding diaryl/α,β-unsaturated/α-hetero) is 1. The van der Waals surface area contributed by atoms with E-state index in [1.165, 1.54) is 24.5 Å². The van der Waals surface area contributed by atoms with Crippen molar-refractivity contribution in [3.63, 3.8) is 0 Å². The molecule has 0 aliphatic carbocycles. The molecule has 0 bridgehead atoms. The van der Waals surface area contributed by atoms with E-state index in [2.05, 4.69) is 20.0 Å². The SMILES string of the molecule is O=C(CCc1ccccc1)CC(Nc1ccc(S(=O)(=O)Nc2ncccn2)cc1)c1ccccc1. The Labute approximate surface area is 205 Å². The van der Waals surface area contributed by atoms with Gasteiger partial charge in [0.1, 0.15) is 5.78 Å². The van der Waals surface area contributed by atoms with Crippen LogP contribution in [0.4, 0.5) is 11.6 Å². The maximum absolute atomic E-state index is 12.8. The van der Waals surface area contributed by atoms with Crippen molar-refractivity contribution in [1.82, 2.24) is 9.97 Å². The van der Waals surface area contributed by atoms with Crippen LogP contribution in [0.15, 0.2) is 108 Å². The van der Waals surface area contributed by atoms with E-state index in [4.69, 9.17) is 0 Å². The molecule has 0 spiro atoms. The van der Waals surface area contributed by atoms with Gasteiger partial charge in [-0.2, -0.15) is 0 Å². The van der Waals surface area contributed by atoms with Crippen LogP contribution in [0.2, 0.25) is 0 Å². The van der Waals surface area contributed by atoms with Gasteiger partial charge in [0.25, 0.3) is 10.0 Å². The number of nitrogens with one attached hydrogen (secondary N) is 2. The van der Waals surface area contributed by atoms with Crippen molar-refractivity contribution < 1.29 is 13.2 Å². The van der Waals surface area contributed by atoms with E-state index in [1.54, 1.807) is 18.2 Å². The lowest BCUT2D eigenvalue weighted by molar-refractivity contribution is -0.119. The molecule has 0 aliphatic heterocycles. The first-order valence-electron chi connectivity index (χ1n) is 11.3. The average Bonchev–Trinajstić information content (AvgIpc) is 2.89. The predicted molar refractivity (Wildman–Crippen MR) is 136 cm³/mol. The number of anilines is 2. The molecule has 1 atom stereocenters.